The van der Waals surface area contributed by atoms with E-state index in [1.165, 1.54) is 12.8 Å². The normalized spacial score (nSPS) is 23.5. The molecule has 0 spiro atoms. The van der Waals surface area contributed by atoms with Gasteiger partial charge < -0.3 is 19.5 Å². The van der Waals surface area contributed by atoms with Gasteiger partial charge in [0.25, 0.3) is 0 Å². The molecule has 1 aliphatic heterocycles. The molecule has 2 atom stereocenters. The molecule has 0 aromatic carbocycles. The summed E-state index contributed by atoms with van der Waals surface area (Å²) in [7, 11) is 3.51. The van der Waals surface area contributed by atoms with Crippen molar-refractivity contribution in [1.29, 1.82) is 0 Å². The Morgan fingerprint density at radius 3 is 2.73 bits per heavy atom. The van der Waals surface area contributed by atoms with Crippen molar-refractivity contribution in [1.82, 2.24) is 19.8 Å². The largest absolute Gasteiger partial charge is 0.383 e. The van der Waals surface area contributed by atoms with E-state index in [1.54, 1.807) is 18.2 Å². The third-order valence-corrected chi connectivity index (χ3v) is 5.83. The Bertz CT molecular complexity index is 665. The van der Waals surface area contributed by atoms with Crippen LogP contribution >= 0.6 is 0 Å². The van der Waals surface area contributed by atoms with Crippen molar-refractivity contribution >= 4 is 11.8 Å². The fraction of sp³-hybridized carbons (Fsp3) is 0.737. The number of nitrogens with one attached hydrogen (secondary N) is 1. The van der Waals surface area contributed by atoms with Crippen LogP contribution in [0.25, 0.3) is 0 Å². The number of amides is 2. The van der Waals surface area contributed by atoms with Gasteiger partial charge >= 0.3 is 0 Å². The molecule has 1 N–H and O–H groups in total. The maximum Gasteiger partial charge on any atom is 0.226 e. The number of hydrogen-bond acceptors (Lipinski definition) is 4. The molecule has 0 unspecified atom stereocenters. The molecular formula is C19H30N4O3. The van der Waals surface area contributed by atoms with E-state index in [-0.39, 0.29) is 29.7 Å². The fourth-order valence-electron chi connectivity index (χ4n) is 3.92. The summed E-state index contributed by atoms with van der Waals surface area (Å²) < 4.78 is 7.03. The molecule has 7 heteroatoms. The highest BCUT2D eigenvalue weighted by molar-refractivity contribution is 5.90. The number of imidazole rings is 1. The summed E-state index contributed by atoms with van der Waals surface area (Å²) in [6, 6.07) is -0.346. The van der Waals surface area contributed by atoms with Gasteiger partial charge in [0.2, 0.25) is 11.8 Å². The lowest BCUT2D eigenvalue weighted by atomic mass is 9.87. The first kappa shape index (κ1) is 18.9. The predicted octanol–water partition coefficient (Wildman–Crippen LogP) is 1.51. The standard InChI is InChI=1S/C19H30N4O3/c1-19(2,13-5-6-13)12-21-18(25)14-11-15(24)23(9-10-26-4)16(14)17-20-7-8-22(17)3/h7-8,13-14,16H,5-6,9-12H2,1-4H3,(H,21,25)/t14-,16-/m0/s1. The van der Waals surface area contributed by atoms with Crippen molar-refractivity contribution in [3.63, 3.8) is 0 Å². The molecule has 1 saturated heterocycles. The van der Waals surface area contributed by atoms with Crippen LogP contribution in [0.4, 0.5) is 0 Å². The Labute approximate surface area is 155 Å². The van der Waals surface area contributed by atoms with Gasteiger partial charge in [-0.1, -0.05) is 13.8 Å². The maximum absolute atomic E-state index is 13.0. The first-order chi connectivity index (χ1) is 12.3. The molecular weight excluding hydrogens is 332 g/mol. The van der Waals surface area contributed by atoms with Gasteiger partial charge in [0.15, 0.2) is 0 Å². The number of nitrogens with zero attached hydrogens (tertiary/aromatic N) is 3. The lowest BCUT2D eigenvalue weighted by Crippen LogP contribution is -2.41. The molecule has 2 aliphatic rings. The Kier molecular flexibility index (Phi) is 5.37. The summed E-state index contributed by atoms with van der Waals surface area (Å²) >= 11 is 0. The molecule has 144 valence electrons. The number of aromatic nitrogens is 2. The molecule has 26 heavy (non-hydrogen) atoms. The molecule has 1 saturated carbocycles. The average Bonchev–Trinajstić information content (AvgIpc) is 3.31. The SMILES string of the molecule is COCCN1C(=O)C[C@H](C(=O)NCC(C)(C)C2CC2)[C@H]1c1nccn1C. The molecule has 1 aliphatic carbocycles. The van der Waals surface area contributed by atoms with Crippen molar-refractivity contribution in [2.24, 2.45) is 24.3 Å². The van der Waals surface area contributed by atoms with Crippen LogP contribution in [0.15, 0.2) is 12.4 Å². The minimum absolute atomic E-state index is 0.0170. The zero-order valence-electron chi connectivity index (χ0n) is 16.2. The van der Waals surface area contributed by atoms with E-state index < -0.39 is 5.92 Å². The predicted molar refractivity (Wildman–Crippen MR) is 97.2 cm³/mol. The fourth-order valence-corrected chi connectivity index (χ4v) is 3.92. The number of aryl methyl sites for hydroxylation is 1. The van der Waals surface area contributed by atoms with Crippen molar-refractivity contribution < 1.29 is 14.3 Å². The quantitative estimate of drug-likeness (QED) is 0.760. The summed E-state index contributed by atoms with van der Waals surface area (Å²) in [5, 5.41) is 3.11. The topological polar surface area (TPSA) is 76.5 Å². The Morgan fingerprint density at radius 2 is 2.15 bits per heavy atom. The summed E-state index contributed by atoms with van der Waals surface area (Å²) in [4.78, 5) is 31.7. The van der Waals surface area contributed by atoms with Crippen LogP contribution in [-0.2, 0) is 21.4 Å². The molecule has 2 fully saturated rings. The molecule has 1 aromatic heterocycles. The Balaban J connectivity index is 1.76. The van der Waals surface area contributed by atoms with E-state index in [0.29, 0.717) is 25.6 Å². The lowest BCUT2D eigenvalue weighted by molar-refractivity contribution is -0.130. The lowest BCUT2D eigenvalue weighted by Gasteiger charge is -2.29. The molecule has 3 rings (SSSR count). The summed E-state index contributed by atoms with van der Waals surface area (Å²) in [5.41, 5.74) is 0.104. The number of hydrogen-bond donors (Lipinski definition) is 1. The second-order valence-electron chi connectivity index (χ2n) is 8.21. The van der Waals surface area contributed by atoms with Gasteiger partial charge in [-0.3, -0.25) is 9.59 Å². The van der Waals surface area contributed by atoms with Crippen molar-refractivity contribution in [3.05, 3.63) is 18.2 Å². The van der Waals surface area contributed by atoms with Crippen molar-refractivity contribution in [3.8, 4) is 0 Å². The second-order valence-corrected chi connectivity index (χ2v) is 8.21. The monoisotopic (exact) mass is 362 g/mol. The van der Waals surface area contributed by atoms with E-state index >= 15 is 0 Å². The van der Waals surface area contributed by atoms with Gasteiger partial charge in [0.05, 0.1) is 12.5 Å². The number of carbonyl (C=O) groups is 2. The van der Waals surface area contributed by atoms with Crippen LogP contribution in [0.2, 0.25) is 0 Å². The van der Waals surface area contributed by atoms with E-state index in [0.717, 1.165) is 5.82 Å². The highest BCUT2D eigenvalue weighted by Crippen LogP contribution is 2.45. The minimum Gasteiger partial charge on any atom is -0.383 e. The third-order valence-electron chi connectivity index (χ3n) is 5.83. The first-order valence-electron chi connectivity index (χ1n) is 9.38. The Morgan fingerprint density at radius 1 is 1.42 bits per heavy atom. The van der Waals surface area contributed by atoms with E-state index in [4.69, 9.17) is 4.74 Å². The molecule has 2 heterocycles. The smallest absolute Gasteiger partial charge is 0.226 e. The van der Waals surface area contributed by atoms with Gasteiger partial charge in [-0.15, -0.1) is 0 Å². The van der Waals surface area contributed by atoms with E-state index in [2.05, 4.69) is 24.1 Å². The summed E-state index contributed by atoms with van der Waals surface area (Å²) in [6.07, 6.45) is 6.25. The van der Waals surface area contributed by atoms with Gasteiger partial charge in [0.1, 0.15) is 11.9 Å². The highest BCUT2D eigenvalue weighted by atomic mass is 16.5. The third kappa shape index (κ3) is 3.77. The van der Waals surface area contributed by atoms with E-state index in [1.807, 2.05) is 17.8 Å². The average molecular weight is 362 g/mol. The van der Waals surface area contributed by atoms with Crippen LogP contribution < -0.4 is 5.32 Å². The molecule has 1 aromatic rings. The number of rotatable bonds is 8. The van der Waals surface area contributed by atoms with Crippen LogP contribution in [0.3, 0.4) is 0 Å². The van der Waals surface area contributed by atoms with Crippen LogP contribution in [0.5, 0.6) is 0 Å². The van der Waals surface area contributed by atoms with Crippen LogP contribution in [-0.4, -0.2) is 53.1 Å². The molecule has 0 bridgehead atoms. The number of likely N-dealkylation sites (tertiary alicyclic amines) is 1. The minimum atomic E-state index is -0.421. The van der Waals surface area contributed by atoms with Crippen molar-refractivity contribution in [2.75, 3.05) is 26.8 Å². The van der Waals surface area contributed by atoms with Crippen LogP contribution in [0.1, 0.15) is 45.0 Å². The van der Waals surface area contributed by atoms with Gasteiger partial charge in [-0.2, -0.15) is 0 Å². The van der Waals surface area contributed by atoms with Crippen LogP contribution in [0, 0.1) is 17.3 Å². The molecule has 7 nitrogen and oxygen atoms in total. The number of carbonyl (C=O) groups excluding carboxylic acids is 2. The number of ether oxygens (including phenoxy) is 1. The molecule has 0 radical (unpaired) electrons. The van der Waals surface area contributed by atoms with Gasteiger partial charge in [0, 0.05) is 46.1 Å². The summed E-state index contributed by atoms with van der Waals surface area (Å²) in [5.74, 6) is 0.942. The maximum atomic E-state index is 13.0. The van der Waals surface area contributed by atoms with Crippen molar-refractivity contribution in [2.45, 2.75) is 39.2 Å². The number of methoxy groups -OCH3 is 1. The zero-order chi connectivity index (χ0) is 18.9. The van der Waals surface area contributed by atoms with Gasteiger partial charge in [-0.25, -0.2) is 4.98 Å². The zero-order valence-corrected chi connectivity index (χ0v) is 16.2. The second kappa shape index (κ2) is 7.39. The highest BCUT2D eigenvalue weighted by Gasteiger charge is 2.46. The van der Waals surface area contributed by atoms with Gasteiger partial charge in [-0.05, 0) is 24.2 Å². The Hall–Kier alpha value is -1.89. The summed E-state index contributed by atoms with van der Waals surface area (Å²) in [6.45, 7) is 5.95. The first-order valence-corrected chi connectivity index (χ1v) is 9.38. The van der Waals surface area contributed by atoms with E-state index in [9.17, 15) is 9.59 Å². The molecule has 2 amide bonds.